The Morgan fingerprint density at radius 1 is 1.09 bits per heavy atom. The van der Waals surface area contributed by atoms with Crippen LogP contribution in [0.3, 0.4) is 0 Å². The quantitative estimate of drug-likeness (QED) is 0.594. The second kappa shape index (κ2) is 11.1. The zero-order chi connectivity index (χ0) is 23.9. The summed E-state index contributed by atoms with van der Waals surface area (Å²) in [6.07, 6.45) is -0.0559. The lowest BCUT2D eigenvalue weighted by atomic mass is 9.98. The number of benzene rings is 2. The van der Waals surface area contributed by atoms with E-state index in [2.05, 4.69) is 10.6 Å². The summed E-state index contributed by atoms with van der Waals surface area (Å²) in [5, 5.41) is 5.36. The molecular formula is C23H31N3O5S. The molecule has 0 aromatic heterocycles. The van der Waals surface area contributed by atoms with Gasteiger partial charge in [-0.05, 0) is 36.1 Å². The minimum Gasteiger partial charge on any atom is -0.445 e. The Morgan fingerprint density at radius 2 is 1.75 bits per heavy atom. The van der Waals surface area contributed by atoms with Gasteiger partial charge < -0.3 is 15.4 Å². The molecule has 0 fully saturated rings. The van der Waals surface area contributed by atoms with E-state index in [-0.39, 0.29) is 17.4 Å². The predicted molar refractivity (Wildman–Crippen MR) is 124 cm³/mol. The number of carbonyl (C=O) groups is 2. The Kier molecular flexibility index (Phi) is 8.80. The number of ether oxygens (including phenoxy) is 1. The molecule has 2 rings (SSSR count). The Bertz CT molecular complexity index is 1040. The van der Waals surface area contributed by atoms with Crippen LogP contribution in [0.25, 0.3) is 0 Å². The van der Waals surface area contributed by atoms with Gasteiger partial charge in [0.1, 0.15) is 12.6 Å². The molecule has 0 heterocycles. The maximum Gasteiger partial charge on any atom is 0.408 e. The molecule has 0 aliphatic rings. The van der Waals surface area contributed by atoms with Gasteiger partial charge >= 0.3 is 6.09 Å². The third-order valence-electron chi connectivity index (χ3n) is 5.20. The molecule has 0 saturated carbocycles. The maximum absolute atomic E-state index is 13.0. The van der Waals surface area contributed by atoms with E-state index in [1.54, 1.807) is 19.1 Å². The predicted octanol–water partition coefficient (Wildman–Crippen LogP) is 3.52. The molecule has 0 radical (unpaired) electrons. The second-order valence-electron chi connectivity index (χ2n) is 7.83. The van der Waals surface area contributed by atoms with Crippen molar-refractivity contribution in [3.8, 4) is 0 Å². The van der Waals surface area contributed by atoms with Crippen molar-refractivity contribution in [1.29, 1.82) is 0 Å². The highest BCUT2D eigenvalue weighted by atomic mass is 32.2. The summed E-state index contributed by atoms with van der Waals surface area (Å²) >= 11 is 0. The number of aryl methyl sites for hydroxylation is 1. The van der Waals surface area contributed by atoms with Crippen LogP contribution in [-0.4, -0.2) is 44.9 Å². The zero-order valence-corrected chi connectivity index (χ0v) is 19.9. The lowest BCUT2D eigenvalue weighted by molar-refractivity contribution is -0.119. The molecule has 174 valence electrons. The molecular weight excluding hydrogens is 430 g/mol. The minimum absolute atomic E-state index is 0.0885. The molecule has 2 atom stereocenters. The average molecular weight is 462 g/mol. The normalized spacial score (nSPS) is 13.3. The molecule has 32 heavy (non-hydrogen) atoms. The summed E-state index contributed by atoms with van der Waals surface area (Å²) in [4.78, 5) is 25.4. The molecule has 2 aromatic rings. The van der Waals surface area contributed by atoms with E-state index >= 15 is 0 Å². The van der Waals surface area contributed by atoms with E-state index in [1.807, 2.05) is 44.2 Å². The molecule has 0 unspecified atom stereocenters. The number of alkyl carbamates (subject to hydrolysis) is 1. The molecule has 2 N–H and O–H groups in total. The summed E-state index contributed by atoms with van der Waals surface area (Å²) in [7, 11) is -0.771. The van der Waals surface area contributed by atoms with Crippen molar-refractivity contribution in [2.45, 2.75) is 44.7 Å². The van der Waals surface area contributed by atoms with Gasteiger partial charge in [0.15, 0.2) is 0 Å². The van der Waals surface area contributed by atoms with Gasteiger partial charge in [0.05, 0.1) is 4.90 Å². The highest BCUT2D eigenvalue weighted by Gasteiger charge is 2.27. The third-order valence-corrected chi connectivity index (χ3v) is 7.15. The summed E-state index contributed by atoms with van der Waals surface area (Å²) in [6, 6.07) is 13.1. The van der Waals surface area contributed by atoms with E-state index in [1.165, 1.54) is 20.2 Å². The van der Waals surface area contributed by atoms with Crippen LogP contribution < -0.4 is 10.6 Å². The Labute approximate surface area is 190 Å². The number of sulfonamides is 1. The van der Waals surface area contributed by atoms with Gasteiger partial charge in [-0.3, -0.25) is 4.79 Å². The summed E-state index contributed by atoms with van der Waals surface area (Å²) in [6.45, 7) is 5.54. The third kappa shape index (κ3) is 6.54. The largest absolute Gasteiger partial charge is 0.445 e. The van der Waals surface area contributed by atoms with Crippen molar-refractivity contribution in [2.75, 3.05) is 19.4 Å². The molecule has 0 saturated heterocycles. The van der Waals surface area contributed by atoms with Gasteiger partial charge in [0, 0.05) is 19.8 Å². The number of nitrogens with zero attached hydrogens (tertiary/aromatic N) is 1. The second-order valence-corrected chi connectivity index (χ2v) is 9.95. The highest BCUT2D eigenvalue weighted by Crippen LogP contribution is 2.23. The molecule has 2 amide bonds. The molecule has 0 aliphatic carbocycles. The van der Waals surface area contributed by atoms with Crippen molar-refractivity contribution in [1.82, 2.24) is 9.62 Å². The molecule has 0 aliphatic heterocycles. The van der Waals surface area contributed by atoms with E-state index < -0.39 is 28.1 Å². The summed E-state index contributed by atoms with van der Waals surface area (Å²) < 4.78 is 31.5. The number of hydrogen-bond donors (Lipinski definition) is 2. The zero-order valence-electron chi connectivity index (χ0n) is 19.1. The molecule has 0 spiro atoms. The maximum atomic E-state index is 13.0. The first-order valence-corrected chi connectivity index (χ1v) is 11.8. The molecule has 2 aromatic carbocycles. The first-order valence-electron chi connectivity index (χ1n) is 10.4. The van der Waals surface area contributed by atoms with Crippen LogP contribution in [0, 0.1) is 12.8 Å². The van der Waals surface area contributed by atoms with Gasteiger partial charge in [0.2, 0.25) is 15.9 Å². The van der Waals surface area contributed by atoms with Crippen molar-refractivity contribution in [3.63, 3.8) is 0 Å². The van der Waals surface area contributed by atoms with Crippen molar-refractivity contribution in [3.05, 3.63) is 59.7 Å². The Balaban J connectivity index is 2.14. The fourth-order valence-corrected chi connectivity index (χ4v) is 4.11. The van der Waals surface area contributed by atoms with Crippen LogP contribution in [0.15, 0.2) is 53.4 Å². The number of nitrogens with one attached hydrogen (secondary N) is 2. The van der Waals surface area contributed by atoms with Crippen LogP contribution in [0.4, 0.5) is 10.5 Å². The first-order chi connectivity index (χ1) is 15.1. The monoisotopic (exact) mass is 461 g/mol. The summed E-state index contributed by atoms with van der Waals surface area (Å²) in [5.74, 6) is -0.622. The fraction of sp³-hybridized carbons (Fsp3) is 0.391. The Morgan fingerprint density at radius 3 is 2.34 bits per heavy atom. The van der Waals surface area contributed by atoms with Crippen molar-refractivity contribution < 1.29 is 22.7 Å². The minimum atomic E-state index is -3.67. The van der Waals surface area contributed by atoms with Gasteiger partial charge in [-0.15, -0.1) is 0 Å². The Hall–Kier alpha value is -2.91. The van der Waals surface area contributed by atoms with E-state index in [0.717, 1.165) is 9.87 Å². The fourth-order valence-electron chi connectivity index (χ4n) is 2.97. The van der Waals surface area contributed by atoms with Crippen LogP contribution in [-0.2, 0) is 26.2 Å². The van der Waals surface area contributed by atoms with Crippen LogP contribution in [0.5, 0.6) is 0 Å². The van der Waals surface area contributed by atoms with Crippen molar-refractivity contribution in [2.24, 2.45) is 5.92 Å². The number of anilines is 1. The van der Waals surface area contributed by atoms with Crippen LogP contribution in [0.2, 0.25) is 0 Å². The lowest BCUT2D eigenvalue weighted by Gasteiger charge is -2.23. The lowest BCUT2D eigenvalue weighted by Crippen LogP contribution is -2.47. The number of hydrogen-bond acceptors (Lipinski definition) is 5. The average Bonchev–Trinajstić information content (AvgIpc) is 2.77. The topological polar surface area (TPSA) is 105 Å². The van der Waals surface area contributed by atoms with Gasteiger partial charge in [0.25, 0.3) is 0 Å². The molecule has 0 bridgehead atoms. The number of rotatable bonds is 9. The first kappa shape index (κ1) is 25.4. The number of carbonyl (C=O) groups excluding carboxylic acids is 2. The van der Waals surface area contributed by atoms with Gasteiger partial charge in [-0.2, -0.15) is 0 Å². The molecule has 9 heteroatoms. The van der Waals surface area contributed by atoms with Crippen LogP contribution >= 0.6 is 0 Å². The summed E-state index contributed by atoms with van der Waals surface area (Å²) in [5.41, 5.74) is 1.73. The van der Waals surface area contributed by atoms with Crippen LogP contribution in [0.1, 0.15) is 31.4 Å². The van der Waals surface area contributed by atoms with Crippen molar-refractivity contribution >= 4 is 27.7 Å². The van der Waals surface area contributed by atoms with Gasteiger partial charge in [-0.1, -0.05) is 56.7 Å². The van der Waals surface area contributed by atoms with Gasteiger partial charge in [-0.25, -0.2) is 17.5 Å². The van der Waals surface area contributed by atoms with E-state index in [9.17, 15) is 18.0 Å². The van der Waals surface area contributed by atoms with E-state index in [4.69, 9.17) is 4.74 Å². The molecule has 8 nitrogen and oxygen atoms in total. The standard InChI is InChI=1S/C23H31N3O5S/c1-6-16(2)21(25-23(28)31-15-18-10-8-7-9-11-18)22(27)24-19-13-12-17(3)20(14-19)32(29,30)26(4)5/h7-14,16,21H,6,15H2,1-5H3,(H,24,27)(H,25,28)/t16-,21-/m0/s1. The smallest absolute Gasteiger partial charge is 0.408 e. The highest BCUT2D eigenvalue weighted by molar-refractivity contribution is 7.89. The SMILES string of the molecule is CC[C@H](C)[C@H](NC(=O)OCc1ccccc1)C(=O)Nc1ccc(C)c(S(=O)(=O)N(C)C)c1. The number of amides is 2. The van der Waals surface area contributed by atoms with E-state index in [0.29, 0.717) is 17.7 Å².